The molecule has 1 amide bonds. The second-order valence-corrected chi connectivity index (χ2v) is 7.07. The zero-order chi connectivity index (χ0) is 21.1. The number of aromatic amines is 1. The van der Waals surface area contributed by atoms with E-state index >= 15 is 0 Å². The minimum atomic E-state index is -0.641. The van der Waals surface area contributed by atoms with Crippen LogP contribution in [0.2, 0.25) is 5.02 Å². The van der Waals surface area contributed by atoms with E-state index < -0.39 is 17.9 Å². The zero-order valence-electron chi connectivity index (χ0n) is 16.6. The van der Waals surface area contributed by atoms with Crippen LogP contribution in [0.15, 0.2) is 30.3 Å². The van der Waals surface area contributed by atoms with Crippen molar-refractivity contribution in [1.82, 2.24) is 25.3 Å². The van der Waals surface area contributed by atoms with E-state index in [2.05, 4.69) is 20.6 Å². The molecule has 8 nitrogen and oxygen atoms in total. The first-order chi connectivity index (χ1) is 13.8. The van der Waals surface area contributed by atoms with Gasteiger partial charge in [-0.3, -0.25) is 19.4 Å². The van der Waals surface area contributed by atoms with E-state index in [-0.39, 0.29) is 12.1 Å². The third-order valence-electron chi connectivity index (χ3n) is 4.77. The summed E-state index contributed by atoms with van der Waals surface area (Å²) < 4.78 is 6.52. The molecule has 1 unspecified atom stereocenters. The van der Waals surface area contributed by atoms with Crippen molar-refractivity contribution in [1.29, 1.82) is 0 Å². The molecule has 0 aliphatic heterocycles. The first-order valence-corrected chi connectivity index (χ1v) is 9.37. The maximum absolute atomic E-state index is 12.8. The quantitative estimate of drug-likeness (QED) is 0.602. The first kappa shape index (κ1) is 20.6. The third-order valence-corrected chi connectivity index (χ3v) is 5.12. The second kappa shape index (κ2) is 8.48. The zero-order valence-corrected chi connectivity index (χ0v) is 17.4. The topological polar surface area (TPSA) is 102 Å². The van der Waals surface area contributed by atoms with Crippen LogP contribution in [-0.2, 0) is 16.6 Å². The summed E-state index contributed by atoms with van der Waals surface area (Å²) in [4.78, 5) is 24.7. The SMILES string of the molecule is COC(=O)CC(NC(=O)c1cc(-c2c(C)nn(C)c2C)n[nH]1)c1ccccc1Cl. The normalized spacial score (nSPS) is 11.9. The number of hydrogen-bond donors (Lipinski definition) is 2. The minimum Gasteiger partial charge on any atom is -0.469 e. The summed E-state index contributed by atoms with van der Waals surface area (Å²) in [6.45, 7) is 3.83. The van der Waals surface area contributed by atoms with Crippen LogP contribution in [0.3, 0.4) is 0 Å². The summed E-state index contributed by atoms with van der Waals surface area (Å²) in [5.74, 6) is -0.862. The van der Waals surface area contributed by atoms with Crippen molar-refractivity contribution in [3.05, 3.63) is 58.0 Å². The number of rotatable bonds is 6. The largest absolute Gasteiger partial charge is 0.469 e. The molecule has 152 valence electrons. The number of nitrogens with zero attached hydrogens (tertiary/aromatic N) is 3. The summed E-state index contributed by atoms with van der Waals surface area (Å²) in [5, 5.41) is 14.7. The van der Waals surface area contributed by atoms with Gasteiger partial charge in [0.2, 0.25) is 0 Å². The summed E-state index contributed by atoms with van der Waals surface area (Å²) in [6.07, 6.45) is -0.0478. The summed E-state index contributed by atoms with van der Waals surface area (Å²) in [5.41, 5.74) is 4.17. The highest BCUT2D eigenvalue weighted by molar-refractivity contribution is 6.31. The van der Waals surface area contributed by atoms with Crippen molar-refractivity contribution in [2.24, 2.45) is 7.05 Å². The molecule has 0 aliphatic carbocycles. The molecule has 0 bridgehead atoms. The first-order valence-electron chi connectivity index (χ1n) is 9.00. The number of H-pyrrole nitrogens is 1. The Hall–Kier alpha value is -3.13. The highest BCUT2D eigenvalue weighted by Gasteiger charge is 2.23. The van der Waals surface area contributed by atoms with E-state index in [1.54, 1.807) is 35.0 Å². The number of halogens is 1. The molecular weight excluding hydrogens is 394 g/mol. The minimum absolute atomic E-state index is 0.0478. The van der Waals surface area contributed by atoms with Gasteiger partial charge in [-0.2, -0.15) is 10.2 Å². The number of benzene rings is 1. The number of methoxy groups -OCH3 is 1. The highest BCUT2D eigenvalue weighted by Crippen LogP contribution is 2.27. The molecule has 29 heavy (non-hydrogen) atoms. The van der Waals surface area contributed by atoms with Crippen molar-refractivity contribution in [3.8, 4) is 11.3 Å². The third kappa shape index (κ3) is 4.32. The number of carbonyl (C=O) groups is 2. The molecule has 2 N–H and O–H groups in total. The number of aryl methyl sites for hydroxylation is 2. The van der Waals surface area contributed by atoms with Gasteiger partial charge in [-0.15, -0.1) is 0 Å². The van der Waals surface area contributed by atoms with Crippen LogP contribution >= 0.6 is 11.6 Å². The number of amides is 1. The smallest absolute Gasteiger partial charge is 0.307 e. The lowest BCUT2D eigenvalue weighted by molar-refractivity contribution is -0.141. The molecular formula is C20H22ClN5O3. The molecule has 1 atom stereocenters. The van der Waals surface area contributed by atoms with Gasteiger partial charge in [-0.1, -0.05) is 29.8 Å². The van der Waals surface area contributed by atoms with Crippen LogP contribution in [0.1, 0.15) is 39.9 Å². The Morgan fingerprint density at radius 3 is 2.66 bits per heavy atom. The Labute approximate surface area is 173 Å². The fourth-order valence-corrected chi connectivity index (χ4v) is 3.46. The Bertz CT molecular complexity index is 1060. The molecule has 2 heterocycles. The molecule has 3 rings (SSSR count). The highest BCUT2D eigenvalue weighted by atomic mass is 35.5. The van der Waals surface area contributed by atoms with Crippen molar-refractivity contribution in [2.75, 3.05) is 7.11 Å². The maximum atomic E-state index is 12.8. The van der Waals surface area contributed by atoms with Crippen molar-refractivity contribution < 1.29 is 14.3 Å². The lowest BCUT2D eigenvalue weighted by Gasteiger charge is -2.19. The monoisotopic (exact) mass is 415 g/mol. The molecule has 0 fully saturated rings. The van der Waals surface area contributed by atoms with Crippen LogP contribution in [0, 0.1) is 13.8 Å². The van der Waals surface area contributed by atoms with E-state index in [9.17, 15) is 9.59 Å². The van der Waals surface area contributed by atoms with Crippen molar-refractivity contribution in [3.63, 3.8) is 0 Å². The van der Waals surface area contributed by atoms with Gasteiger partial charge in [0.15, 0.2) is 0 Å². The van der Waals surface area contributed by atoms with Crippen molar-refractivity contribution >= 4 is 23.5 Å². The van der Waals surface area contributed by atoms with Gasteiger partial charge >= 0.3 is 5.97 Å². The number of hydrogen-bond acceptors (Lipinski definition) is 5. The Morgan fingerprint density at radius 1 is 1.31 bits per heavy atom. The molecule has 0 radical (unpaired) electrons. The molecule has 3 aromatic rings. The summed E-state index contributed by atoms with van der Waals surface area (Å²) >= 11 is 6.26. The van der Waals surface area contributed by atoms with Crippen LogP contribution in [0.5, 0.6) is 0 Å². The maximum Gasteiger partial charge on any atom is 0.307 e. The van der Waals surface area contributed by atoms with Gasteiger partial charge in [0.05, 0.1) is 31.0 Å². The van der Waals surface area contributed by atoms with E-state index in [4.69, 9.17) is 16.3 Å². The molecule has 0 saturated heterocycles. The average Bonchev–Trinajstić information content (AvgIpc) is 3.26. The predicted octanol–water partition coefficient (Wildman–Crippen LogP) is 3.11. The van der Waals surface area contributed by atoms with Gasteiger partial charge in [0.25, 0.3) is 5.91 Å². The Balaban J connectivity index is 1.86. The molecule has 1 aromatic carbocycles. The average molecular weight is 416 g/mol. The van der Waals surface area contributed by atoms with Crippen LogP contribution in [0.4, 0.5) is 0 Å². The number of aromatic nitrogens is 4. The van der Waals surface area contributed by atoms with Gasteiger partial charge in [0.1, 0.15) is 5.69 Å². The summed E-state index contributed by atoms with van der Waals surface area (Å²) in [7, 11) is 3.15. The van der Waals surface area contributed by atoms with Crippen molar-refractivity contribution in [2.45, 2.75) is 26.3 Å². The molecule has 0 saturated carbocycles. The fraction of sp³-hybridized carbons (Fsp3) is 0.300. The van der Waals surface area contributed by atoms with E-state index in [0.29, 0.717) is 16.3 Å². The van der Waals surface area contributed by atoms with Crippen LogP contribution in [-0.4, -0.2) is 39.0 Å². The molecule has 0 aliphatic rings. The predicted molar refractivity (Wildman–Crippen MR) is 109 cm³/mol. The molecule has 2 aromatic heterocycles. The summed E-state index contributed by atoms with van der Waals surface area (Å²) in [6, 6.07) is 8.06. The Kier molecular flexibility index (Phi) is 6.03. The fourth-order valence-electron chi connectivity index (χ4n) is 3.19. The molecule has 9 heteroatoms. The number of ether oxygens (including phenoxy) is 1. The molecule has 0 spiro atoms. The standard InChI is InChI=1S/C20H22ClN5O3/c1-11-19(12(2)26(3)25-11)16-9-17(24-23-16)20(28)22-15(10-18(27)29-4)13-7-5-6-8-14(13)21/h5-9,15H,10H2,1-4H3,(H,22,28)(H,23,24). The van der Waals surface area contributed by atoms with Gasteiger partial charge < -0.3 is 10.1 Å². The number of nitrogens with one attached hydrogen (secondary N) is 2. The lowest BCUT2D eigenvalue weighted by atomic mass is 10.0. The second-order valence-electron chi connectivity index (χ2n) is 6.66. The van der Waals surface area contributed by atoms with E-state index in [1.807, 2.05) is 20.9 Å². The van der Waals surface area contributed by atoms with Gasteiger partial charge in [-0.25, -0.2) is 0 Å². The number of esters is 1. The van der Waals surface area contributed by atoms with E-state index in [0.717, 1.165) is 17.0 Å². The van der Waals surface area contributed by atoms with Crippen LogP contribution in [0.25, 0.3) is 11.3 Å². The van der Waals surface area contributed by atoms with E-state index in [1.165, 1.54) is 7.11 Å². The Morgan fingerprint density at radius 2 is 2.03 bits per heavy atom. The van der Waals surface area contributed by atoms with Gasteiger partial charge in [-0.05, 0) is 31.5 Å². The van der Waals surface area contributed by atoms with Gasteiger partial charge in [0, 0.05) is 23.3 Å². The lowest BCUT2D eigenvalue weighted by Crippen LogP contribution is -2.31. The number of carbonyl (C=O) groups excluding carboxylic acids is 2. The van der Waals surface area contributed by atoms with Crippen LogP contribution < -0.4 is 5.32 Å².